The van der Waals surface area contributed by atoms with Gasteiger partial charge < -0.3 is 15.5 Å². The van der Waals surface area contributed by atoms with E-state index in [9.17, 15) is 18.0 Å². The first-order valence-electron chi connectivity index (χ1n) is 10.7. The highest BCUT2D eigenvalue weighted by Gasteiger charge is 2.36. The zero-order chi connectivity index (χ0) is 24.7. The van der Waals surface area contributed by atoms with Crippen molar-refractivity contribution >= 4 is 40.6 Å². The molecule has 5 rings (SSSR count). The van der Waals surface area contributed by atoms with Gasteiger partial charge in [0.2, 0.25) is 5.95 Å². The van der Waals surface area contributed by atoms with E-state index in [0.717, 1.165) is 23.9 Å². The maximum Gasteiger partial charge on any atom is 0.418 e. The van der Waals surface area contributed by atoms with Crippen LogP contribution in [-0.4, -0.2) is 52.5 Å². The standard InChI is InChI=1S/C23H19F3N8O/c1-12-5-6-13(31-21(35)18-15(23(24,25)26)4-3-7-28-18)10-14(12)17-20-29-8-9-34(20)19-16(32-17)11-30-22(27-2)33-19/h3-7,10-11H,8-9H2,1-2H3,(H,31,35)(H,27,30,33). The summed E-state index contributed by atoms with van der Waals surface area (Å²) in [4.78, 5) is 36.4. The lowest BCUT2D eigenvalue weighted by atomic mass is 10.0. The fourth-order valence-electron chi connectivity index (χ4n) is 3.93. The van der Waals surface area contributed by atoms with Gasteiger partial charge in [-0.25, -0.2) is 9.98 Å². The van der Waals surface area contributed by atoms with Crippen molar-refractivity contribution in [3.63, 3.8) is 0 Å². The molecule has 178 valence electrons. The summed E-state index contributed by atoms with van der Waals surface area (Å²) in [6.07, 6.45) is -1.94. The van der Waals surface area contributed by atoms with Gasteiger partial charge >= 0.3 is 6.18 Å². The number of amidine groups is 1. The predicted octanol–water partition coefficient (Wildman–Crippen LogP) is 3.85. The number of nitrogens with one attached hydrogen (secondary N) is 2. The fraction of sp³-hybridized carbons (Fsp3) is 0.217. The summed E-state index contributed by atoms with van der Waals surface area (Å²) in [6.45, 7) is 3.05. The van der Waals surface area contributed by atoms with Crippen LogP contribution < -0.4 is 15.5 Å². The van der Waals surface area contributed by atoms with Gasteiger partial charge in [-0.05, 0) is 36.8 Å². The highest BCUT2D eigenvalue weighted by molar-refractivity contribution is 6.53. The van der Waals surface area contributed by atoms with Gasteiger partial charge in [0.05, 0.1) is 18.3 Å². The minimum absolute atomic E-state index is 0.301. The molecule has 2 aliphatic heterocycles. The van der Waals surface area contributed by atoms with Crippen molar-refractivity contribution in [1.29, 1.82) is 0 Å². The lowest BCUT2D eigenvalue weighted by Gasteiger charge is -2.27. The van der Waals surface area contributed by atoms with E-state index in [2.05, 4.69) is 30.6 Å². The van der Waals surface area contributed by atoms with Crippen LogP contribution in [0.1, 0.15) is 27.2 Å². The molecule has 0 spiro atoms. The number of benzene rings is 1. The number of hydrogen-bond donors (Lipinski definition) is 2. The maximum absolute atomic E-state index is 13.3. The molecule has 0 saturated carbocycles. The molecule has 1 amide bonds. The molecule has 1 aromatic carbocycles. The number of alkyl halides is 3. The van der Waals surface area contributed by atoms with Gasteiger partial charge in [-0.3, -0.25) is 14.8 Å². The number of carbonyl (C=O) groups excluding carboxylic acids is 1. The Bertz CT molecular complexity index is 1400. The number of fused-ring (bicyclic) bond motifs is 3. The third-order valence-electron chi connectivity index (χ3n) is 5.59. The molecule has 2 aromatic heterocycles. The number of aryl methyl sites for hydroxylation is 1. The van der Waals surface area contributed by atoms with Crippen molar-refractivity contribution in [3.8, 4) is 0 Å². The number of hydrogen-bond acceptors (Lipinski definition) is 8. The molecule has 0 bridgehead atoms. The second-order valence-electron chi connectivity index (χ2n) is 7.85. The number of nitrogens with zero attached hydrogens (tertiary/aromatic N) is 6. The molecular weight excluding hydrogens is 461 g/mol. The van der Waals surface area contributed by atoms with Gasteiger partial charge in [0.15, 0.2) is 11.7 Å². The number of amides is 1. The summed E-state index contributed by atoms with van der Waals surface area (Å²) < 4.78 is 40.0. The van der Waals surface area contributed by atoms with E-state index in [1.165, 1.54) is 0 Å². The molecule has 35 heavy (non-hydrogen) atoms. The molecule has 0 aliphatic carbocycles. The quantitative estimate of drug-likeness (QED) is 0.588. The zero-order valence-electron chi connectivity index (χ0n) is 18.7. The summed E-state index contributed by atoms with van der Waals surface area (Å²) in [6, 6.07) is 6.99. The van der Waals surface area contributed by atoms with Crippen LogP contribution in [0, 0.1) is 6.92 Å². The summed E-state index contributed by atoms with van der Waals surface area (Å²) in [5.41, 5.74) is 1.16. The minimum atomic E-state index is -4.71. The molecule has 12 heteroatoms. The third-order valence-corrected chi connectivity index (χ3v) is 5.59. The fourth-order valence-corrected chi connectivity index (χ4v) is 3.93. The Hall–Kier alpha value is -4.35. The van der Waals surface area contributed by atoms with Gasteiger partial charge in [-0.1, -0.05) is 6.07 Å². The first kappa shape index (κ1) is 22.4. The van der Waals surface area contributed by atoms with Crippen LogP contribution in [0.25, 0.3) is 0 Å². The van der Waals surface area contributed by atoms with Crippen LogP contribution in [0.4, 0.5) is 36.3 Å². The first-order chi connectivity index (χ1) is 16.8. The van der Waals surface area contributed by atoms with Crippen molar-refractivity contribution in [2.45, 2.75) is 13.1 Å². The highest BCUT2D eigenvalue weighted by Crippen LogP contribution is 2.35. The number of pyridine rings is 1. The Morgan fingerprint density at radius 3 is 2.77 bits per heavy atom. The Balaban J connectivity index is 1.52. The first-order valence-corrected chi connectivity index (χ1v) is 10.7. The molecule has 0 unspecified atom stereocenters. The van der Waals surface area contributed by atoms with Crippen molar-refractivity contribution < 1.29 is 18.0 Å². The monoisotopic (exact) mass is 480 g/mol. The maximum atomic E-state index is 13.3. The van der Waals surface area contributed by atoms with Gasteiger partial charge in [-0.2, -0.15) is 18.2 Å². The Labute approximate surface area is 197 Å². The predicted molar refractivity (Wildman–Crippen MR) is 126 cm³/mol. The largest absolute Gasteiger partial charge is 0.418 e. The number of rotatable bonds is 4. The number of aromatic nitrogens is 3. The van der Waals surface area contributed by atoms with Crippen molar-refractivity contribution in [2.24, 2.45) is 9.98 Å². The molecule has 2 aliphatic rings. The third kappa shape index (κ3) is 4.07. The van der Waals surface area contributed by atoms with Crippen molar-refractivity contribution in [2.75, 3.05) is 35.7 Å². The molecular formula is C23H19F3N8O. The van der Waals surface area contributed by atoms with E-state index >= 15 is 0 Å². The van der Waals surface area contributed by atoms with Gasteiger partial charge in [0, 0.05) is 31.0 Å². The highest BCUT2D eigenvalue weighted by atomic mass is 19.4. The van der Waals surface area contributed by atoms with Gasteiger partial charge in [0.25, 0.3) is 5.91 Å². The smallest absolute Gasteiger partial charge is 0.357 e. The van der Waals surface area contributed by atoms with Crippen LogP contribution in [0.3, 0.4) is 0 Å². The molecule has 4 heterocycles. The molecule has 0 atom stereocenters. The molecule has 3 aromatic rings. The number of carbonyl (C=O) groups is 1. The number of aliphatic imine (C=N–C) groups is 2. The van der Waals surface area contributed by atoms with E-state index in [1.54, 1.807) is 31.4 Å². The van der Waals surface area contributed by atoms with E-state index in [4.69, 9.17) is 4.99 Å². The van der Waals surface area contributed by atoms with Crippen molar-refractivity contribution in [3.05, 3.63) is 65.1 Å². The zero-order valence-corrected chi connectivity index (χ0v) is 18.7. The second kappa shape index (κ2) is 8.46. The van der Waals surface area contributed by atoms with E-state index in [1.807, 2.05) is 11.8 Å². The molecule has 9 nitrogen and oxygen atoms in total. The number of halogens is 3. The average Bonchev–Trinajstić information content (AvgIpc) is 3.34. The van der Waals surface area contributed by atoms with Crippen LogP contribution in [0.2, 0.25) is 0 Å². The van der Waals surface area contributed by atoms with E-state index < -0.39 is 23.3 Å². The van der Waals surface area contributed by atoms with E-state index in [0.29, 0.717) is 53.3 Å². The van der Waals surface area contributed by atoms with Crippen LogP contribution in [0.5, 0.6) is 0 Å². The Morgan fingerprint density at radius 2 is 2.00 bits per heavy atom. The molecule has 0 saturated heterocycles. The second-order valence-corrected chi connectivity index (χ2v) is 7.85. The van der Waals surface area contributed by atoms with Crippen molar-refractivity contribution in [1.82, 2.24) is 15.0 Å². The Kier molecular flexibility index (Phi) is 5.42. The summed E-state index contributed by atoms with van der Waals surface area (Å²) in [5, 5.41) is 5.44. The SMILES string of the molecule is CNc1ncc2c(n1)N1CCN=C1C(c1cc(NC(=O)c3ncccc3C(F)(F)F)ccc1C)=N2. The van der Waals surface area contributed by atoms with Gasteiger partial charge in [0.1, 0.15) is 17.1 Å². The average molecular weight is 480 g/mol. The van der Waals surface area contributed by atoms with Gasteiger partial charge in [-0.15, -0.1) is 0 Å². The topological polar surface area (TPSA) is 108 Å². The Morgan fingerprint density at radius 1 is 1.17 bits per heavy atom. The van der Waals surface area contributed by atoms with Crippen LogP contribution in [-0.2, 0) is 6.18 Å². The van der Waals surface area contributed by atoms with E-state index in [-0.39, 0.29) is 0 Å². The molecule has 0 radical (unpaired) electrons. The summed E-state index contributed by atoms with van der Waals surface area (Å²) in [5.74, 6) is 0.772. The number of anilines is 3. The summed E-state index contributed by atoms with van der Waals surface area (Å²) >= 11 is 0. The minimum Gasteiger partial charge on any atom is -0.357 e. The molecule has 0 fully saturated rings. The molecule has 2 N–H and O–H groups in total. The van der Waals surface area contributed by atoms with Crippen LogP contribution in [0.15, 0.2) is 52.7 Å². The lowest BCUT2D eigenvalue weighted by molar-refractivity contribution is -0.138. The summed E-state index contributed by atoms with van der Waals surface area (Å²) in [7, 11) is 1.73. The van der Waals surface area contributed by atoms with Crippen LogP contribution >= 0.6 is 0 Å². The normalized spacial score (nSPS) is 14.6. The lowest BCUT2D eigenvalue weighted by Crippen LogP contribution is -2.37.